The highest BCUT2D eigenvalue weighted by atomic mass is 16.5. The molecule has 0 spiro atoms. The normalized spacial score (nSPS) is 10.6. The van der Waals surface area contributed by atoms with Crippen molar-refractivity contribution in [3.63, 3.8) is 0 Å². The molecular formula is C19H18N2O2. The lowest BCUT2D eigenvalue weighted by atomic mass is 9.90. The first-order valence-corrected chi connectivity index (χ1v) is 7.38. The maximum absolute atomic E-state index is 5.29. The van der Waals surface area contributed by atoms with Gasteiger partial charge in [0.15, 0.2) is 0 Å². The Kier molecular flexibility index (Phi) is 4.52. The SMILES string of the molecule is COc1cc(OC)nc(C(c2ccccc2)c2ccccc2)n1. The third-order valence-electron chi connectivity index (χ3n) is 3.64. The highest BCUT2D eigenvalue weighted by molar-refractivity contribution is 5.39. The summed E-state index contributed by atoms with van der Waals surface area (Å²) >= 11 is 0. The van der Waals surface area contributed by atoms with Crippen molar-refractivity contribution in [2.75, 3.05) is 14.2 Å². The standard InChI is InChI=1S/C19H18N2O2/c1-22-16-13-17(23-2)21-19(20-16)18(14-9-5-3-6-10-14)15-11-7-4-8-12-15/h3-13,18H,1-2H3. The monoisotopic (exact) mass is 306 g/mol. The molecule has 4 heteroatoms. The van der Waals surface area contributed by atoms with Gasteiger partial charge < -0.3 is 9.47 Å². The first kappa shape index (κ1) is 15.0. The minimum absolute atomic E-state index is 0.0820. The van der Waals surface area contributed by atoms with Gasteiger partial charge in [-0.25, -0.2) is 0 Å². The van der Waals surface area contributed by atoms with Crippen LogP contribution in [0.1, 0.15) is 22.9 Å². The van der Waals surface area contributed by atoms with E-state index in [2.05, 4.69) is 34.2 Å². The second-order valence-electron chi connectivity index (χ2n) is 5.07. The molecule has 4 nitrogen and oxygen atoms in total. The van der Waals surface area contributed by atoms with Gasteiger partial charge in [-0.15, -0.1) is 0 Å². The van der Waals surface area contributed by atoms with E-state index in [9.17, 15) is 0 Å². The van der Waals surface area contributed by atoms with E-state index in [0.29, 0.717) is 17.6 Å². The summed E-state index contributed by atoms with van der Waals surface area (Å²) in [5.74, 6) is 1.55. The van der Waals surface area contributed by atoms with Crippen LogP contribution >= 0.6 is 0 Å². The van der Waals surface area contributed by atoms with E-state index in [4.69, 9.17) is 9.47 Å². The molecule has 0 bridgehead atoms. The lowest BCUT2D eigenvalue weighted by Gasteiger charge is -2.18. The lowest BCUT2D eigenvalue weighted by molar-refractivity contribution is 0.368. The first-order valence-electron chi connectivity index (χ1n) is 7.38. The number of rotatable bonds is 5. The van der Waals surface area contributed by atoms with Gasteiger partial charge in [0.25, 0.3) is 0 Å². The largest absolute Gasteiger partial charge is 0.481 e. The van der Waals surface area contributed by atoms with Gasteiger partial charge in [0.2, 0.25) is 11.8 Å². The Morgan fingerprint density at radius 1 is 0.696 bits per heavy atom. The molecule has 1 aromatic heterocycles. The molecule has 0 saturated heterocycles. The van der Waals surface area contributed by atoms with Gasteiger partial charge in [0, 0.05) is 0 Å². The number of nitrogens with zero attached hydrogens (tertiary/aromatic N) is 2. The summed E-state index contributed by atoms with van der Waals surface area (Å²) in [7, 11) is 3.18. The second-order valence-corrected chi connectivity index (χ2v) is 5.07. The maximum Gasteiger partial charge on any atom is 0.220 e. The number of hydrogen-bond donors (Lipinski definition) is 0. The van der Waals surface area contributed by atoms with Crippen LogP contribution in [0.2, 0.25) is 0 Å². The van der Waals surface area contributed by atoms with Gasteiger partial charge in [-0.1, -0.05) is 60.7 Å². The average Bonchev–Trinajstić information content (AvgIpc) is 2.63. The molecule has 0 atom stereocenters. The van der Waals surface area contributed by atoms with Crippen molar-refractivity contribution in [3.05, 3.63) is 83.7 Å². The van der Waals surface area contributed by atoms with Crippen molar-refractivity contribution in [2.24, 2.45) is 0 Å². The Morgan fingerprint density at radius 2 is 1.13 bits per heavy atom. The van der Waals surface area contributed by atoms with Crippen molar-refractivity contribution in [2.45, 2.75) is 5.92 Å². The molecule has 2 aromatic carbocycles. The second kappa shape index (κ2) is 6.92. The number of methoxy groups -OCH3 is 2. The van der Waals surface area contributed by atoms with Crippen molar-refractivity contribution >= 4 is 0 Å². The quantitative estimate of drug-likeness (QED) is 0.721. The van der Waals surface area contributed by atoms with Crippen LogP contribution in [0.25, 0.3) is 0 Å². The Balaban J connectivity index is 2.16. The number of hydrogen-bond acceptors (Lipinski definition) is 4. The van der Waals surface area contributed by atoms with Crippen LogP contribution in [0.4, 0.5) is 0 Å². The van der Waals surface area contributed by atoms with Crippen molar-refractivity contribution < 1.29 is 9.47 Å². The molecular weight excluding hydrogens is 288 g/mol. The van der Waals surface area contributed by atoms with Crippen molar-refractivity contribution in [1.82, 2.24) is 9.97 Å². The minimum Gasteiger partial charge on any atom is -0.481 e. The van der Waals surface area contributed by atoms with E-state index in [0.717, 1.165) is 11.1 Å². The zero-order valence-corrected chi connectivity index (χ0v) is 13.1. The summed E-state index contributed by atoms with van der Waals surface area (Å²) in [5, 5.41) is 0. The van der Waals surface area contributed by atoms with E-state index in [1.807, 2.05) is 36.4 Å². The molecule has 0 fully saturated rings. The minimum atomic E-state index is -0.0820. The summed E-state index contributed by atoms with van der Waals surface area (Å²) in [6.07, 6.45) is 0. The Hall–Kier alpha value is -2.88. The smallest absolute Gasteiger partial charge is 0.220 e. The molecule has 3 rings (SSSR count). The highest BCUT2D eigenvalue weighted by Gasteiger charge is 2.21. The molecule has 3 aromatic rings. The zero-order valence-electron chi connectivity index (χ0n) is 13.1. The fourth-order valence-corrected chi connectivity index (χ4v) is 2.54. The third kappa shape index (κ3) is 3.31. The van der Waals surface area contributed by atoms with Crippen LogP contribution in [-0.2, 0) is 0 Å². The van der Waals surface area contributed by atoms with Crippen molar-refractivity contribution in [3.8, 4) is 11.8 Å². The molecule has 1 heterocycles. The fraction of sp³-hybridized carbons (Fsp3) is 0.158. The van der Waals surface area contributed by atoms with Crippen LogP contribution < -0.4 is 9.47 Å². The summed E-state index contributed by atoms with van der Waals surface area (Å²) in [4.78, 5) is 9.08. The number of aromatic nitrogens is 2. The van der Waals surface area contributed by atoms with Gasteiger partial charge in [0.1, 0.15) is 5.82 Å². The Morgan fingerprint density at radius 3 is 1.52 bits per heavy atom. The van der Waals surface area contributed by atoms with E-state index in [-0.39, 0.29) is 5.92 Å². The molecule has 0 amide bonds. The van der Waals surface area contributed by atoms with Crippen LogP contribution in [-0.4, -0.2) is 24.2 Å². The van der Waals surface area contributed by atoms with Crippen molar-refractivity contribution in [1.29, 1.82) is 0 Å². The number of benzene rings is 2. The predicted molar refractivity (Wildman–Crippen MR) is 89.0 cm³/mol. The molecule has 0 aliphatic rings. The van der Waals surface area contributed by atoms with E-state index >= 15 is 0 Å². The van der Waals surface area contributed by atoms with Gasteiger partial charge in [-0.2, -0.15) is 9.97 Å². The Labute approximate surface area is 135 Å². The highest BCUT2D eigenvalue weighted by Crippen LogP contribution is 2.31. The molecule has 23 heavy (non-hydrogen) atoms. The molecule has 0 saturated carbocycles. The summed E-state index contributed by atoms with van der Waals surface area (Å²) in [5.41, 5.74) is 2.24. The van der Waals surface area contributed by atoms with Gasteiger partial charge >= 0.3 is 0 Å². The first-order chi connectivity index (χ1) is 11.3. The molecule has 0 aliphatic carbocycles. The molecule has 116 valence electrons. The maximum atomic E-state index is 5.29. The zero-order chi connectivity index (χ0) is 16.1. The Bertz CT molecular complexity index is 699. The van der Waals surface area contributed by atoms with Crippen LogP contribution in [0.5, 0.6) is 11.8 Å². The topological polar surface area (TPSA) is 44.2 Å². The van der Waals surface area contributed by atoms with Crippen LogP contribution in [0.15, 0.2) is 66.7 Å². The van der Waals surface area contributed by atoms with E-state index in [1.165, 1.54) is 0 Å². The van der Waals surface area contributed by atoms with E-state index in [1.54, 1.807) is 20.3 Å². The van der Waals surface area contributed by atoms with Gasteiger partial charge in [-0.3, -0.25) is 0 Å². The molecule has 0 N–H and O–H groups in total. The molecule has 0 radical (unpaired) electrons. The summed E-state index contributed by atoms with van der Waals surface area (Å²) in [6, 6.07) is 22.0. The van der Waals surface area contributed by atoms with Crippen LogP contribution in [0.3, 0.4) is 0 Å². The van der Waals surface area contributed by atoms with Gasteiger partial charge in [-0.05, 0) is 11.1 Å². The molecule has 0 unspecified atom stereocenters. The predicted octanol–water partition coefficient (Wildman–Crippen LogP) is 3.67. The van der Waals surface area contributed by atoms with Gasteiger partial charge in [0.05, 0.1) is 26.2 Å². The fourth-order valence-electron chi connectivity index (χ4n) is 2.54. The van der Waals surface area contributed by atoms with E-state index < -0.39 is 0 Å². The lowest BCUT2D eigenvalue weighted by Crippen LogP contribution is -2.09. The average molecular weight is 306 g/mol. The molecule has 0 aliphatic heterocycles. The third-order valence-corrected chi connectivity index (χ3v) is 3.64. The summed E-state index contributed by atoms with van der Waals surface area (Å²) in [6.45, 7) is 0. The van der Waals surface area contributed by atoms with Crippen LogP contribution in [0, 0.1) is 0 Å². The summed E-state index contributed by atoms with van der Waals surface area (Å²) < 4.78 is 10.6. The number of ether oxygens (including phenoxy) is 2.